The topological polar surface area (TPSA) is 177 Å². The number of carbonyl (C=O) groups is 4. The summed E-state index contributed by atoms with van der Waals surface area (Å²) in [5.74, 6) is -2.84. The van der Waals surface area contributed by atoms with Crippen LogP contribution in [-0.2, 0) is 19.2 Å². The maximum absolute atomic E-state index is 11.9. The van der Waals surface area contributed by atoms with Gasteiger partial charge < -0.3 is 32.5 Å². The van der Waals surface area contributed by atoms with Crippen LogP contribution < -0.4 is 27.4 Å². The SMILES string of the molecule is CC(N)C(=O)NCC(=O)NC(CCCCN)C(=O)NCC(=O)O. The first-order valence-corrected chi connectivity index (χ1v) is 7.30. The van der Waals surface area contributed by atoms with Crippen LogP contribution >= 0.6 is 0 Å². The molecule has 0 aromatic carbocycles. The second kappa shape index (κ2) is 11.4. The minimum atomic E-state index is -1.19. The number of unbranched alkanes of at least 4 members (excludes halogenated alkanes) is 1. The lowest BCUT2D eigenvalue weighted by atomic mass is 10.1. The van der Waals surface area contributed by atoms with Gasteiger partial charge in [-0.2, -0.15) is 0 Å². The fourth-order valence-electron chi connectivity index (χ4n) is 1.62. The smallest absolute Gasteiger partial charge is 0.322 e. The van der Waals surface area contributed by atoms with Gasteiger partial charge in [-0.3, -0.25) is 19.2 Å². The molecular weight excluding hydrogens is 306 g/mol. The van der Waals surface area contributed by atoms with Crippen molar-refractivity contribution in [3.8, 4) is 0 Å². The van der Waals surface area contributed by atoms with Crippen molar-refractivity contribution in [1.82, 2.24) is 16.0 Å². The van der Waals surface area contributed by atoms with Gasteiger partial charge >= 0.3 is 5.97 Å². The van der Waals surface area contributed by atoms with E-state index >= 15 is 0 Å². The highest BCUT2D eigenvalue weighted by Gasteiger charge is 2.21. The molecule has 10 heteroatoms. The van der Waals surface area contributed by atoms with Gasteiger partial charge in [-0.25, -0.2) is 0 Å². The number of amides is 3. The predicted molar refractivity (Wildman–Crippen MR) is 82.1 cm³/mol. The molecule has 0 radical (unpaired) electrons. The minimum Gasteiger partial charge on any atom is -0.480 e. The number of nitrogens with one attached hydrogen (secondary N) is 3. The fraction of sp³-hybridized carbons (Fsp3) is 0.692. The van der Waals surface area contributed by atoms with E-state index in [-0.39, 0.29) is 6.54 Å². The Kier molecular flexibility index (Phi) is 10.3. The zero-order chi connectivity index (χ0) is 17.8. The summed E-state index contributed by atoms with van der Waals surface area (Å²) in [5.41, 5.74) is 10.7. The molecule has 0 heterocycles. The Bertz CT molecular complexity index is 427. The molecule has 0 aliphatic rings. The fourth-order valence-corrected chi connectivity index (χ4v) is 1.62. The number of hydrogen-bond donors (Lipinski definition) is 6. The van der Waals surface area contributed by atoms with E-state index in [4.69, 9.17) is 16.6 Å². The zero-order valence-corrected chi connectivity index (χ0v) is 13.1. The van der Waals surface area contributed by atoms with Crippen LogP contribution in [0.1, 0.15) is 26.2 Å². The lowest BCUT2D eigenvalue weighted by Gasteiger charge is -2.18. The van der Waals surface area contributed by atoms with Gasteiger partial charge in [-0.1, -0.05) is 0 Å². The molecule has 23 heavy (non-hydrogen) atoms. The summed E-state index contributed by atoms with van der Waals surface area (Å²) in [5, 5.41) is 15.5. The molecule has 3 amide bonds. The van der Waals surface area contributed by atoms with Crippen molar-refractivity contribution in [2.75, 3.05) is 19.6 Å². The number of carbonyl (C=O) groups excluding carboxylic acids is 3. The first kappa shape index (κ1) is 20.8. The number of carboxylic acid groups (broad SMARTS) is 1. The van der Waals surface area contributed by atoms with Crippen LogP contribution in [0.25, 0.3) is 0 Å². The van der Waals surface area contributed by atoms with Crippen molar-refractivity contribution in [3.05, 3.63) is 0 Å². The average molecular weight is 331 g/mol. The van der Waals surface area contributed by atoms with Crippen LogP contribution in [0.15, 0.2) is 0 Å². The Morgan fingerprint density at radius 3 is 2.17 bits per heavy atom. The lowest BCUT2D eigenvalue weighted by molar-refractivity contribution is -0.138. The van der Waals surface area contributed by atoms with Gasteiger partial charge in [0.1, 0.15) is 12.6 Å². The van der Waals surface area contributed by atoms with E-state index in [2.05, 4.69) is 16.0 Å². The van der Waals surface area contributed by atoms with Gasteiger partial charge in [0.25, 0.3) is 0 Å². The first-order chi connectivity index (χ1) is 10.8. The standard InChI is InChI=1S/C13H25N5O5/c1-8(15)12(22)16-6-10(19)18-9(4-2-3-5-14)13(23)17-7-11(20)21/h8-9H,2-7,14-15H2,1H3,(H,16,22)(H,17,23)(H,18,19)(H,20,21). The van der Waals surface area contributed by atoms with Crippen molar-refractivity contribution in [2.24, 2.45) is 11.5 Å². The summed E-state index contributed by atoms with van der Waals surface area (Å²) in [6.45, 7) is 1.06. The van der Waals surface area contributed by atoms with Crippen molar-refractivity contribution >= 4 is 23.7 Å². The van der Waals surface area contributed by atoms with Gasteiger partial charge in [0, 0.05) is 0 Å². The van der Waals surface area contributed by atoms with E-state index in [1.165, 1.54) is 6.92 Å². The summed E-state index contributed by atoms with van der Waals surface area (Å²) < 4.78 is 0. The molecule has 0 aliphatic heterocycles. The largest absolute Gasteiger partial charge is 0.480 e. The van der Waals surface area contributed by atoms with E-state index < -0.39 is 42.3 Å². The van der Waals surface area contributed by atoms with E-state index in [1.54, 1.807) is 0 Å². The van der Waals surface area contributed by atoms with Gasteiger partial charge in [0.15, 0.2) is 0 Å². The Balaban J connectivity index is 4.48. The highest BCUT2D eigenvalue weighted by molar-refractivity contribution is 5.91. The highest BCUT2D eigenvalue weighted by Crippen LogP contribution is 2.01. The van der Waals surface area contributed by atoms with Crippen LogP contribution in [0.3, 0.4) is 0 Å². The Hall–Kier alpha value is -2.20. The predicted octanol–water partition coefficient (Wildman–Crippen LogP) is -2.74. The van der Waals surface area contributed by atoms with Crippen molar-refractivity contribution in [1.29, 1.82) is 0 Å². The molecule has 0 saturated carbocycles. The Labute approximate surface area is 134 Å². The minimum absolute atomic E-state index is 0.315. The Morgan fingerprint density at radius 2 is 1.65 bits per heavy atom. The molecule has 0 spiro atoms. The van der Waals surface area contributed by atoms with Crippen LogP contribution in [0.5, 0.6) is 0 Å². The molecule has 2 atom stereocenters. The summed E-state index contributed by atoms with van der Waals surface area (Å²) in [6.07, 6.45) is 1.57. The van der Waals surface area contributed by atoms with Gasteiger partial charge in [0.2, 0.25) is 17.7 Å². The molecule has 0 aliphatic carbocycles. The molecule has 0 rings (SSSR count). The number of hydrogen-bond acceptors (Lipinski definition) is 6. The number of aliphatic carboxylic acids is 1. The lowest BCUT2D eigenvalue weighted by Crippen LogP contribution is -2.51. The van der Waals surface area contributed by atoms with E-state index in [9.17, 15) is 19.2 Å². The molecule has 0 aromatic heterocycles. The number of rotatable bonds is 11. The third kappa shape index (κ3) is 10.2. The molecular formula is C13H25N5O5. The molecule has 0 bridgehead atoms. The second-order valence-electron chi connectivity index (χ2n) is 5.02. The normalized spacial score (nSPS) is 12.8. The van der Waals surface area contributed by atoms with Crippen molar-refractivity contribution in [2.45, 2.75) is 38.3 Å². The quantitative estimate of drug-likeness (QED) is 0.222. The van der Waals surface area contributed by atoms with Gasteiger partial charge in [-0.15, -0.1) is 0 Å². The maximum Gasteiger partial charge on any atom is 0.322 e. The average Bonchev–Trinajstić information content (AvgIpc) is 2.49. The van der Waals surface area contributed by atoms with Crippen LogP contribution in [0.2, 0.25) is 0 Å². The molecule has 0 fully saturated rings. The monoisotopic (exact) mass is 331 g/mol. The first-order valence-electron chi connectivity index (χ1n) is 7.30. The summed E-state index contributed by atoms with van der Waals surface area (Å²) in [6, 6.07) is -1.64. The van der Waals surface area contributed by atoms with E-state index in [0.717, 1.165) is 0 Å². The summed E-state index contributed by atoms with van der Waals surface area (Å²) >= 11 is 0. The molecule has 2 unspecified atom stereocenters. The van der Waals surface area contributed by atoms with Crippen molar-refractivity contribution in [3.63, 3.8) is 0 Å². The summed E-state index contributed by atoms with van der Waals surface area (Å²) in [4.78, 5) is 45.4. The van der Waals surface area contributed by atoms with Gasteiger partial charge in [0.05, 0.1) is 12.6 Å². The third-order valence-corrected chi connectivity index (χ3v) is 2.85. The molecule has 0 saturated heterocycles. The zero-order valence-electron chi connectivity index (χ0n) is 13.1. The summed E-state index contributed by atoms with van der Waals surface area (Å²) in [7, 11) is 0. The number of nitrogens with two attached hydrogens (primary N) is 2. The van der Waals surface area contributed by atoms with Crippen LogP contribution in [0, 0.1) is 0 Å². The van der Waals surface area contributed by atoms with Crippen LogP contribution in [0.4, 0.5) is 0 Å². The second-order valence-corrected chi connectivity index (χ2v) is 5.02. The van der Waals surface area contributed by atoms with Crippen molar-refractivity contribution < 1.29 is 24.3 Å². The molecule has 132 valence electrons. The molecule has 10 nitrogen and oxygen atoms in total. The Morgan fingerprint density at radius 1 is 1.04 bits per heavy atom. The highest BCUT2D eigenvalue weighted by atomic mass is 16.4. The molecule has 0 aromatic rings. The number of carboxylic acids is 1. The molecule has 8 N–H and O–H groups in total. The van der Waals surface area contributed by atoms with E-state index in [0.29, 0.717) is 25.8 Å². The van der Waals surface area contributed by atoms with Gasteiger partial charge in [-0.05, 0) is 32.7 Å². The van der Waals surface area contributed by atoms with Crippen LogP contribution in [-0.4, -0.2) is 60.5 Å². The third-order valence-electron chi connectivity index (χ3n) is 2.85. The maximum atomic E-state index is 11.9. The van der Waals surface area contributed by atoms with E-state index in [1.807, 2.05) is 0 Å².